The number of rotatable bonds is 4. The Balaban J connectivity index is 2.15. The van der Waals surface area contributed by atoms with Crippen molar-refractivity contribution >= 4 is 28.8 Å². The predicted octanol–water partition coefficient (Wildman–Crippen LogP) is 3.17. The zero-order valence-corrected chi connectivity index (χ0v) is 14.6. The number of hydrogen-bond acceptors (Lipinski definition) is 8. The molecule has 0 saturated carbocycles. The highest BCUT2D eigenvalue weighted by Gasteiger charge is 2.28. The molecule has 0 saturated heterocycles. The molecule has 0 unspecified atom stereocenters. The monoisotopic (exact) mass is 354 g/mol. The molecule has 3 rings (SSSR count). The number of oxazole rings is 1. The molecule has 1 aromatic carbocycles. The van der Waals surface area contributed by atoms with Gasteiger partial charge >= 0.3 is 5.97 Å². The third-order valence-electron chi connectivity index (χ3n) is 3.60. The van der Waals surface area contributed by atoms with Crippen LogP contribution in [0.15, 0.2) is 38.9 Å². The Morgan fingerprint density at radius 2 is 1.92 bits per heavy atom. The maximum absolute atomic E-state index is 12.0. The average molecular weight is 354 g/mol. The lowest BCUT2D eigenvalue weighted by Crippen LogP contribution is -2.15. The van der Waals surface area contributed by atoms with Gasteiger partial charge in [0, 0.05) is 0 Å². The second-order valence-electron chi connectivity index (χ2n) is 5.21. The van der Waals surface area contributed by atoms with Gasteiger partial charge in [0.1, 0.15) is 16.5 Å². The number of aromatic nitrogens is 3. The van der Waals surface area contributed by atoms with Gasteiger partial charge in [-0.2, -0.15) is 5.26 Å². The molecule has 0 aliphatic heterocycles. The minimum absolute atomic E-state index is 0.228. The van der Waals surface area contributed by atoms with Gasteiger partial charge in [-0.3, -0.25) is 4.79 Å². The van der Waals surface area contributed by atoms with E-state index < -0.39 is 11.9 Å². The van der Waals surface area contributed by atoms with Crippen molar-refractivity contribution in [2.75, 3.05) is 7.11 Å². The fourth-order valence-electron chi connectivity index (χ4n) is 2.17. The summed E-state index contributed by atoms with van der Waals surface area (Å²) in [7, 11) is 1.23. The smallest absolute Gasteiger partial charge is 0.329 e. The third-order valence-corrected chi connectivity index (χ3v) is 4.44. The van der Waals surface area contributed by atoms with E-state index in [1.807, 2.05) is 38.1 Å². The van der Waals surface area contributed by atoms with Gasteiger partial charge in [0.05, 0.1) is 29.9 Å². The van der Waals surface area contributed by atoms with E-state index in [9.17, 15) is 10.1 Å². The van der Waals surface area contributed by atoms with Crippen molar-refractivity contribution in [1.29, 1.82) is 5.26 Å². The van der Waals surface area contributed by atoms with Crippen LogP contribution in [0.2, 0.25) is 0 Å². The number of nitriles is 1. The van der Waals surface area contributed by atoms with Gasteiger partial charge in [-0.25, -0.2) is 15.0 Å². The van der Waals surface area contributed by atoms with Gasteiger partial charge in [0.25, 0.3) is 5.22 Å². The van der Waals surface area contributed by atoms with Crippen molar-refractivity contribution in [2.24, 2.45) is 0 Å². The minimum Gasteiger partial charge on any atom is -0.468 e. The minimum atomic E-state index is -1.18. The molecule has 3 aromatic rings. The number of fused-ring (bicyclic) bond motifs is 1. The van der Waals surface area contributed by atoms with Crippen LogP contribution in [-0.4, -0.2) is 28.0 Å². The van der Waals surface area contributed by atoms with Gasteiger partial charge in [0.15, 0.2) is 5.92 Å². The molecular formula is C17H14N4O3S. The molecule has 0 amide bonds. The lowest BCUT2D eigenvalue weighted by Gasteiger charge is -2.11. The van der Waals surface area contributed by atoms with Crippen molar-refractivity contribution in [3.63, 3.8) is 0 Å². The summed E-state index contributed by atoms with van der Waals surface area (Å²) in [5, 5.41) is 10.2. The molecule has 2 heterocycles. The first-order valence-corrected chi connectivity index (χ1v) is 8.21. The first-order chi connectivity index (χ1) is 12.0. The maximum atomic E-state index is 12.0. The predicted molar refractivity (Wildman–Crippen MR) is 90.0 cm³/mol. The molecule has 0 aliphatic rings. The van der Waals surface area contributed by atoms with Crippen molar-refractivity contribution in [3.8, 4) is 6.07 Å². The van der Waals surface area contributed by atoms with E-state index in [0.29, 0.717) is 27.0 Å². The Morgan fingerprint density at radius 3 is 2.48 bits per heavy atom. The molecule has 0 radical (unpaired) electrons. The quantitative estimate of drug-likeness (QED) is 0.658. The zero-order chi connectivity index (χ0) is 18.0. The van der Waals surface area contributed by atoms with E-state index in [1.165, 1.54) is 7.11 Å². The Morgan fingerprint density at radius 1 is 1.24 bits per heavy atom. The molecule has 7 nitrogen and oxygen atoms in total. The zero-order valence-electron chi connectivity index (χ0n) is 13.8. The molecule has 25 heavy (non-hydrogen) atoms. The number of carbonyl (C=O) groups excluding carboxylic acids is 1. The van der Waals surface area contributed by atoms with Crippen molar-refractivity contribution in [1.82, 2.24) is 15.0 Å². The Hall–Kier alpha value is -2.92. The van der Waals surface area contributed by atoms with E-state index in [-0.39, 0.29) is 5.69 Å². The first-order valence-electron chi connectivity index (χ1n) is 7.39. The molecule has 1 atom stereocenters. The molecule has 0 N–H and O–H groups in total. The van der Waals surface area contributed by atoms with Gasteiger partial charge in [-0.15, -0.1) is 0 Å². The van der Waals surface area contributed by atoms with Crippen LogP contribution in [0.4, 0.5) is 0 Å². The first kappa shape index (κ1) is 16.9. The van der Waals surface area contributed by atoms with E-state index >= 15 is 0 Å². The van der Waals surface area contributed by atoms with E-state index in [1.54, 1.807) is 6.07 Å². The van der Waals surface area contributed by atoms with Crippen LogP contribution < -0.4 is 0 Å². The number of esters is 1. The van der Waals surface area contributed by atoms with E-state index in [4.69, 9.17) is 9.15 Å². The molecular weight excluding hydrogens is 340 g/mol. The lowest BCUT2D eigenvalue weighted by atomic mass is 10.1. The van der Waals surface area contributed by atoms with Crippen LogP contribution >= 0.6 is 11.8 Å². The largest absolute Gasteiger partial charge is 0.468 e. The Bertz CT molecular complexity index is 974. The summed E-state index contributed by atoms with van der Waals surface area (Å²) in [4.78, 5) is 25.3. The number of methoxy groups -OCH3 is 1. The standard InChI is InChI=1S/C17H14N4O3S/c1-9-10(2)24-17(19-9)25-15-14(11(8-18)16(22)23-3)20-12-6-4-5-7-13(12)21-15/h4-7,11H,1-3H3/t11-/m1/s1. The second-order valence-corrected chi connectivity index (χ2v) is 6.15. The number of aryl methyl sites for hydroxylation is 2. The Labute approximate surface area is 148 Å². The number of benzene rings is 1. The maximum Gasteiger partial charge on any atom is 0.329 e. The van der Waals surface area contributed by atoms with Crippen LogP contribution in [0.3, 0.4) is 0 Å². The van der Waals surface area contributed by atoms with Crippen LogP contribution in [-0.2, 0) is 9.53 Å². The normalized spacial score (nSPS) is 11.9. The number of ether oxygens (including phenoxy) is 1. The summed E-state index contributed by atoms with van der Waals surface area (Å²) in [6, 6.07) is 9.17. The summed E-state index contributed by atoms with van der Waals surface area (Å²) in [6.45, 7) is 3.65. The number of para-hydroxylation sites is 2. The lowest BCUT2D eigenvalue weighted by molar-refractivity contribution is -0.141. The van der Waals surface area contributed by atoms with Crippen molar-refractivity contribution < 1.29 is 13.9 Å². The number of nitrogens with zero attached hydrogens (tertiary/aromatic N) is 4. The molecule has 126 valence electrons. The molecule has 2 aromatic heterocycles. The van der Waals surface area contributed by atoms with Gasteiger partial charge in [-0.1, -0.05) is 12.1 Å². The molecule has 0 aliphatic carbocycles. The fourth-order valence-corrected chi connectivity index (χ4v) is 3.10. The van der Waals surface area contributed by atoms with Crippen molar-refractivity contribution in [2.45, 2.75) is 30.0 Å². The topological polar surface area (TPSA) is 102 Å². The second kappa shape index (κ2) is 6.91. The molecule has 0 bridgehead atoms. The molecule has 8 heteroatoms. The highest BCUT2D eigenvalue weighted by Crippen LogP contribution is 2.33. The van der Waals surface area contributed by atoms with Gasteiger partial charge in [0.2, 0.25) is 0 Å². The Kier molecular flexibility index (Phi) is 4.67. The average Bonchev–Trinajstić information content (AvgIpc) is 2.93. The summed E-state index contributed by atoms with van der Waals surface area (Å²) < 4.78 is 10.3. The molecule has 0 spiro atoms. The summed E-state index contributed by atoms with van der Waals surface area (Å²) in [6.07, 6.45) is 0. The van der Waals surface area contributed by atoms with Crippen LogP contribution in [0.25, 0.3) is 11.0 Å². The van der Waals surface area contributed by atoms with Crippen LogP contribution in [0, 0.1) is 25.2 Å². The highest BCUT2D eigenvalue weighted by molar-refractivity contribution is 7.99. The van der Waals surface area contributed by atoms with E-state index in [2.05, 4.69) is 15.0 Å². The van der Waals surface area contributed by atoms with Gasteiger partial charge in [-0.05, 0) is 37.7 Å². The SMILES string of the molecule is COC(=O)[C@H](C#N)c1nc2ccccc2nc1Sc1nc(C)c(C)o1. The van der Waals surface area contributed by atoms with Crippen LogP contribution in [0.1, 0.15) is 23.1 Å². The summed E-state index contributed by atoms with van der Waals surface area (Å²) >= 11 is 1.13. The van der Waals surface area contributed by atoms with E-state index in [0.717, 1.165) is 17.5 Å². The highest BCUT2D eigenvalue weighted by atomic mass is 32.2. The number of hydrogen-bond donors (Lipinski definition) is 0. The fraction of sp³-hybridized carbons (Fsp3) is 0.235. The van der Waals surface area contributed by atoms with Crippen molar-refractivity contribution in [3.05, 3.63) is 41.4 Å². The molecule has 0 fully saturated rings. The number of carbonyl (C=O) groups is 1. The summed E-state index contributed by atoms with van der Waals surface area (Å²) in [5.41, 5.74) is 2.23. The van der Waals surface area contributed by atoms with Crippen LogP contribution in [0.5, 0.6) is 0 Å². The van der Waals surface area contributed by atoms with Gasteiger partial charge < -0.3 is 9.15 Å². The summed E-state index contributed by atoms with van der Waals surface area (Å²) in [5.74, 6) is -1.17. The third kappa shape index (κ3) is 3.32.